The van der Waals surface area contributed by atoms with E-state index in [9.17, 15) is 4.79 Å². The van der Waals surface area contributed by atoms with Crippen LogP contribution in [0.3, 0.4) is 0 Å². The third kappa shape index (κ3) is 2.89. The van der Waals surface area contributed by atoms with E-state index in [0.29, 0.717) is 17.4 Å². The molecule has 1 saturated heterocycles. The van der Waals surface area contributed by atoms with Gasteiger partial charge in [-0.05, 0) is 18.1 Å². The summed E-state index contributed by atoms with van der Waals surface area (Å²) in [6.45, 7) is 5.51. The highest BCUT2D eigenvalue weighted by atomic mass is 32.2. The van der Waals surface area contributed by atoms with Gasteiger partial charge < -0.3 is 4.74 Å². The second-order valence-electron chi connectivity index (χ2n) is 3.92. The van der Waals surface area contributed by atoms with Gasteiger partial charge >= 0.3 is 5.97 Å². The van der Waals surface area contributed by atoms with Crippen molar-refractivity contribution in [2.75, 3.05) is 5.75 Å². The normalized spacial score (nSPS) is 17.9. The van der Waals surface area contributed by atoms with Crippen molar-refractivity contribution in [3.8, 4) is 0 Å². The largest absolute Gasteiger partial charge is 0.457 e. The standard InChI is InChI=1S/C13H14O2S/c1-9(2)13(14)15-7-10-3-5-11(6-4-10)12-8-16-12/h3-6,12H,1,7-8H2,2H3. The van der Waals surface area contributed by atoms with Gasteiger partial charge in [-0.25, -0.2) is 4.79 Å². The van der Waals surface area contributed by atoms with Gasteiger partial charge in [0.1, 0.15) is 6.61 Å². The molecule has 0 spiro atoms. The summed E-state index contributed by atoms with van der Waals surface area (Å²) in [6, 6.07) is 8.24. The maximum atomic E-state index is 11.2. The zero-order chi connectivity index (χ0) is 11.5. The molecule has 1 atom stereocenters. The van der Waals surface area contributed by atoms with Gasteiger partial charge in [0.05, 0.1) is 0 Å². The predicted molar refractivity (Wildman–Crippen MR) is 66.3 cm³/mol. The highest BCUT2D eigenvalue weighted by molar-refractivity contribution is 8.06. The molecule has 0 saturated carbocycles. The van der Waals surface area contributed by atoms with Gasteiger partial charge in [-0.3, -0.25) is 0 Å². The van der Waals surface area contributed by atoms with Gasteiger partial charge in [-0.1, -0.05) is 30.8 Å². The highest BCUT2D eigenvalue weighted by Gasteiger charge is 2.23. The van der Waals surface area contributed by atoms with Crippen molar-refractivity contribution in [1.29, 1.82) is 0 Å². The molecular weight excluding hydrogens is 220 g/mol. The van der Waals surface area contributed by atoms with Gasteiger partial charge in [-0.15, -0.1) is 0 Å². The summed E-state index contributed by atoms with van der Waals surface area (Å²) >= 11 is 1.95. The van der Waals surface area contributed by atoms with Gasteiger partial charge in [0, 0.05) is 16.6 Å². The lowest BCUT2D eigenvalue weighted by molar-refractivity contribution is -0.140. The summed E-state index contributed by atoms with van der Waals surface area (Å²) in [6.07, 6.45) is 0. The quantitative estimate of drug-likeness (QED) is 0.455. The SMILES string of the molecule is C=C(C)C(=O)OCc1ccc(C2CS2)cc1. The second kappa shape index (κ2) is 4.74. The first-order valence-corrected chi connectivity index (χ1v) is 6.25. The molecule has 16 heavy (non-hydrogen) atoms. The van der Waals surface area contributed by atoms with E-state index in [4.69, 9.17) is 4.74 Å². The number of carbonyl (C=O) groups is 1. The Bertz CT molecular complexity index is 404. The van der Waals surface area contributed by atoms with E-state index in [1.807, 2.05) is 23.9 Å². The van der Waals surface area contributed by atoms with Crippen molar-refractivity contribution >= 4 is 17.7 Å². The van der Waals surface area contributed by atoms with Gasteiger partial charge in [0.25, 0.3) is 0 Å². The zero-order valence-electron chi connectivity index (χ0n) is 9.23. The molecule has 0 aliphatic carbocycles. The average molecular weight is 234 g/mol. The van der Waals surface area contributed by atoms with Crippen LogP contribution in [0.4, 0.5) is 0 Å². The Morgan fingerprint density at radius 2 is 2.12 bits per heavy atom. The number of ether oxygens (including phenoxy) is 1. The highest BCUT2D eigenvalue weighted by Crippen LogP contribution is 2.45. The Labute approximate surface area is 99.7 Å². The number of hydrogen-bond acceptors (Lipinski definition) is 3. The van der Waals surface area contributed by atoms with Crippen LogP contribution in [-0.2, 0) is 16.1 Å². The molecule has 1 aromatic carbocycles. The van der Waals surface area contributed by atoms with E-state index < -0.39 is 0 Å². The lowest BCUT2D eigenvalue weighted by Crippen LogP contribution is -2.04. The second-order valence-corrected chi connectivity index (χ2v) is 5.16. The van der Waals surface area contributed by atoms with Crippen LogP contribution in [0.5, 0.6) is 0 Å². The minimum Gasteiger partial charge on any atom is -0.457 e. The first-order chi connectivity index (χ1) is 7.66. The molecule has 1 heterocycles. The number of benzene rings is 1. The van der Waals surface area contributed by atoms with E-state index in [2.05, 4.69) is 18.7 Å². The van der Waals surface area contributed by atoms with Crippen molar-refractivity contribution in [2.24, 2.45) is 0 Å². The van der Waals surface area contributed by atoms with E-state index in [1.165, 1.54) is 11.3 Å². The molecule has 0 bridgehead atoms. The smallest absolute Gasteiger partial charge is 0.333 e. The fourth-order valence-electron chi connectivity index (χ4n) is 1.34. The van der Waals surface area contributed by atoms with Crippen molar-refractivity contribution < 1.29 is 9.53 Å². The summed E-state index contributed by atoms with van der Waals surface area (Å²) in [5.41, 5.74) is 2.81. The van der Waals surface area contributed by atoms with E-state index >= 15 is 0 Å². The van der Waals surface area contributed by atoms with Crippen molar-refractivity contribution in [3.05, 3.63) is 47.5 Å². The monoisotopic (exact) mass is 234 g/mol. The predicted octanol–water partition coefficient (Wildman–Crippen LogP) is 3.09. The molecule has 0 radical (unpaired) electrons. The first-order valence-electron chi connectivity index (χ1n) is 5.20. The maximum Gasteiger partial charge on any atom is 0.333 e. The lowest BCUT2D eigenvalue weighted by Gasteiger charge is -2.05. The number of carbonyl (C=O) groups excluding carboxylic acids is 1. The molecule has 1 fully saturated rings. The number of esters is 1. The molecule has 1 aromatic rings. The average Bonchev–Trinajstić information content (AvgIpc) is 3.10. The Morgan fingerprint density at radius 1 is 1.50 bits per heavy atom. The lowest BCUT2D eigenvalue weighted by atomic mass is 10.1. The Hall–Kier alpha value is -1.22. The number of hydrogen-bond donors (Lipinski definition) is 0. The third-order valence-electron chi connectivity index (χ3n) is 2.40. The van der Waals surface area contributed by atoms with E-state index in [0.717, 1.165) is 5.56 Å². The first kappa shape index (κ1) is 11.3. The summed E-state index contributed by atoms with van der Waals surface area (Å²) in [5.74, 6) is 0.895. The van der Waals surface area contributed by atoms with Crippen molar-refractivity contribution in [3.63, 3.8) is 0 Å². The molecule has 0 aromatic heterocycles. The van der Waals surface area contributed by atoms with Crippen molar-refractivity contribution in [1.82, 2.24) is 0 Å². The van der Waals surface area contributed by atoms with Crippen LogP contribution in [0.1, 0.15) is 23.3 Å². The minimum atomic E-state index is -0.332. The molecule has 1 aliphatic heterocycles. The number of rotatable bonds is 4. The summed E-state index contributed by atoms with van der Waals surface area (Å²) in [7, 11) is 0. The molecule has 1 aliphatic rings. The molecule has 84 valence electrons. The van der Waals surface area contributed by atoms with Crippen LogP contribution in [0.15, 0.2) is 36.4 Å². The molecule has 3 heteroatoms. The van der Waals surface area contributed by atoms with Crippen LogP contribution < -0.4 is 0 Å². The molecular formula is C13H14O2S. The van der Waals surface area contributed by atoms with Gasteiger partial charge in [0.15, 0.2) is 0 Å². The van der Waals surface area contributed by atoms with Gasteiger partial charge in [-0.2, -0.15) is 11.8 Å². The molecule has 2 nitrogen and oxygen atoms in total. The maximum absolute atomic E-state index is 11.2. The molecule has 1 unspecified atom stereocenters. The Morgan fingerprint density at radius 3 is 2.62 bits per heavy atom. The Balaban J connectivity index is 1.89. The van der Waals surface area contributed by atoms with Crippen LogP contribution in [0.25, 0.3) is 0 Å². The minimum absolute atomic E-state index is 0.323. The fourth-order valence-corrected chi connectivity index (χ4v) is 1.98. The number of thioether (sulfide) groups is 1. The Kier molecular flexibility index (Phi) is 3.34. The fraction of sp³-hybridized carbons (Fsp3) is 0.308. The van der Waals surface area contributed by atoms with E-state index in [1.54, 1.807) is 6.92 Å². The topological polar surface area (TPSA) is 26.3 Å². The van der Waals surface area contributed by atoms with Crippen LogP contribution in [0, 0.1) is 0 Å². The van der Waals surface area contributed by atoms with Crippen LogP contribution >= 0.6 is 11.8 Å². The van der Waals surface area contributed by atoms with E-state index in [-0.39, 0.29) is 5.97 Å². The van der Waals surface area contributed by atoms with Crippen molar-refractivity contribution in [2.45, 2.75) is 18.8 Å². The molecule has 0 amide bonds. The zero-order valence-corrected chi connectivity index (χ0v) is 10.0. The van der Waals surface area contributed by atoms with Gasteiger partial charge in [0.2, 0.25) is 0 Å². The molecule has 2 rings (SSSR count). The van der Waals surface area contributed by atoms with Crippen LogP contribution in [-0.4, -0.2) is 11.7 Å². The third-order valence-corrected chi connectivity index (χ3v) is 3.34. The summed E-state index contributed by atoms with van der Waals surface area (Å²) < 4.78 is 5.06. The summed E-state index contributed by atoms with van der Waals surface area (Å²) in [5, 5.41) is 0.687. The molecule has 0 N–H and O–H groups in total. The summed E-state index contributed by atoms with van der Waals surface area (Å²) in [4.78, 5) is 11.2. The van der Waals surface area contributed by atoms with Crippen LogP contribution in [0.2, 0.25) is 0 Å².